The summed E-state index contributed by atoms with van der Waals surface area (Å²) in [6.07, 6.45) is 0. The highest BCUT2D eigenvalue weighted by molar-refractivity contribution is 6.06. The lowest BCUT2D eigenvalue weighted by Crippen LogP contribution is -2.49. The Labute approximate surface area is 156 Å². The number of nitrogens with zero attached hydrogens (tertiary/aromatic N) is 1. The highest BCUT2D eigenvalue weighted by atomic mass is 16.6. The Morgan fingerprint density at radius 1 is 1.22 bits per heavy atom. The third kappa shape index (κ3) is 3.16. The largest absolute Gasteiger partial charge is 0.468 e. The molecule has 0 aliphatic carbocycles. The fourth-order valence-corrected chi connectivity index (χ4v) is 4.02. The topological polar surface area (TPSA) is 98.5 Å². The molecular weight excluding hydrogens is 348 g/mol. The molecule has 0 spiro atoms. The summed E-state index contributed by atoms with van der Waals surface area (Å²) < 4.78 is 5.02. The summed E-state index contributed by atoms with van der Waals surface area (Å²) >= 11 is 0. The van der Waals surface area contributed by atoms with Crippen LogP contribution in [0, 0.1) is 15.5 Å². The van der Waals surface area contributed by atoms with Gasteiger partial charge in [-0.3, -0.25) is 19.7 Å². The first-order chi connectivity index (χ1) is 13.0. The average Bonchev–Trinajstić information content (AvgIpc) is 3.04. The molecule has 1 aliphatic heterocycles. The van der Waals surface area contributed by atoms with Crippen LogP contribution in [0.25, 0.3) is 0 Å². The minimum absolute atomic E-state index is 0.207. The minimum atomic E-state index is -1.72. The average molecular weight is 368 g/mol. The molecule has 0 aromatic heterocycles. The standard InChI is InChI=1S/C20H20N2O5/c1-27-19(24)20(17(13-22(25)26)15-10-6-3-7-11-15)16(12-21-18(20)23)14-8-4-2-5-9-14/h2-11,16-17H,12-13H2,1H3,(H,21,23)/t16-,17-,20-/m0/s1. The van der Waals surface area contributed by atoms with Crippen LogP contribution in [0.1, 0.15) is 23.0 Å². The predicted octanol–water partition coefficient (Wildman–Crippen LogP) is 2.12. The summed E-state index contributed by atoms with van der Waals surface area (Å²) in [5.41, 5.74) is -0.409. The van der Waals surface area contributed by atoms with Crippen molar-refractivity contribution in [3.8, 4) is 0 Å². The van der Waals surface area contributed by atoms with Gasteiger partial charge in [0.05, 0.1) is 13.0 Å². The molecule has 1 amide bonds. The van der Waals surface area contributed by atoms with Crippen LogP contribution in [0.2, 0.25) is 0 Å². The van der Waals surface area contributed by atoms with Gasteiger partial charge in [-0.15, -0.1) is 0 Å². The van der Waals surface area contributed by atoms with Crippen molar-refractivity contribution in [2.24, 2.45) is 5.41 Å². The van der Waals surface area contributed by atoms with Crippen LogP contribution >= 0.6 is 0 Å². The third-order valence-corrected chi connectivity index (χ3v) is 5.20. The fraction of sp³-hybridized carbons (Fsp3) is 0.300. The maximum atomic E-state index is 13.0. The van der Waals surface area contributed by atoms with Gasteiger partial charge in [0, 0.05) is 17.4 Å². The van der Waals surface area contributed by atoms with Crippen LogP contribution in [-0.2, 0) is 14.3 Å². The number of methoxy groups -OCH3 is 1. The Bertz CT molecular complexity index is 840. The van der Waals surface area contributed by atoms with Gasteiger partial charge >= 0.3 is 5.97 Å². The third-order valence-electron chi connectivity index (χ3n) is 5.20. The smallest absolute Gasteiger partial charge is 0.322 e. The molecule has 3 rings (SSSR count). The molecule has 1 aliphatic rings. The zero-order valence-corrected chi connectivity index (χ0v) is 14.8. The molecule has 7 heteroatoms. The van der Waals surface area contributed by atoms with Crippen LogP contribution in [-0.4, -0.2) is 37.0 Å². The van der Waals surface area contributed by atoms with Crippen molar-refractivity contribution in [1.82, 2.24) is 5.32 Å². The van der Waals surface area contributed by atoms with Gasteiger partial charge in [-0.25, -0.2) is 0 Å². The van der Waals surface area contributed by atoms with Crippen molar-refractivity contribution in [3.63, 3.8) is 0 Å². The maximum Gasteiger partial charge on any atom is 0.322 e. The summed E-state index contributed by atoms with van der Waals surface area (Å²) in [5, 5.41) is 14.2. The second-order valence-electron chi connectivity index (χ2n) is 6.51. The van der Waals surface area contributed by atoms with Crippen LogP contribution in [0.4, 0.5) is 0 Å². The van der Waals surface area contributed by atoms with Gasteiger partial charge < -0.3 is 10.1 Å². The van der Waals surface area contributed by atoms with E-state index in [9.17, 15) is 19.7 Å². The monoisotopic (exact) mass is 368 g/mol. The molecule has 1 fully saturated rings. The molecule has 1 N–H and O–H groups in total. The number of ether oxygens (including phenoxy) is 1. The zero-order valence-electron chi connectivity index (χ0n) is 14.8. The zero-order chi connectivity index (χ0) is 19.4. The van der Waals surface area contributed by atoms with E-state index in [1.807, 2.05) is 30.3 Å². The lowest BCUT2D eigenvalue weighted by atomic mass is 9.63. The van der Waals surface area contributed by atoms with Gasteiger partial charge in [0.2, 0.25) is 12.5 Å². The first-order valence-electron chi connectivity index (χ1n) is 8.60. The van der Waals surface area contributed by atoms with Gasteiger partial charge in [0.25, 0.3) is 0 Å². The molecule has 1 heterocycles. The molecule has 140 valence electrons. The number of hydrogen-bond acceptors (Lipinski definition) is 5. The molecule has 0 unspecified atom stereocenters. The molecule has 0 saturated carbocycles. The first kappa shape index (κ1) is 18.6. The van der Waals surface area contributed by atoms with Crippen LogP contribution in [0.3, 0.4) is 0 Å². The second kappa shape index (κ2) is 7.57. The number of hydrogen-bond donors (Lipinski definition) is 1. The Balaban J connectivity index is 2.24. The molecule has 0 bridgehead atoms. The summed E-state index contributed by atoms with van der Waals surface area (Å²) in [6, 6.07) is 17.7. The van der Waals surface area contributed by atoms with Crippen LogP contribution < -0.4 is 5.32 Å². The van der Waals surface area contributed by atoms with E-state index >= 15 is 0 Å². The van der Waals surface area contributed by atoms with Gasteiger partial charge in [0.1, 0.15) is 0 Å². The van der Waals surface area contributed by atoms with Crippen molar-refractivity contribution < 1.29 is 19.2 Å². The van der Waals surface area contributed by atoms with E-state index in [4.69, 9.17) is 4.74 Å². The highest BCUT2D eigenvalue weighted by Gasteiger charge is 2.64. The molecule has 1 saturated heterocycles. The number of nitrogens with one attached hydrogen (secondary N) is 1. The number of esters is 1. The lowest BCUT2D eigenvalue weighted by Gasteiger charge is -2.35. The van der Waals surface area contributed by atoms with E-state index in [1.54, 1.807) is 30.3 Å². The number of amides is 1. The number of nitro groups is 1. The van der Waals surface area contributed by atoms with E-state index in [0.717, 1.165) is 5.56 Å². The quantitative estimate of drug-likeness (QED) is 0.364. The van der Waals surface area contributed by atoms with Gasteiger partial charge in [-0.1, -0.05) is 60.7 Å². The predicted molar refractivity (Wildman–Crippen MR) is 97.7 cm³/mol. The van der Waals surface area contributed by atoms with Gasteiger partial charge in [0.15, 0.2) is 5.41 Å². The summed E-state index contributed by atoms with van der Waals surface area (Å²) in [6.45, 7) is -0.352. The second-order valence-corrected chi connectivity index (χ2v) is 6.51. The van der Waals surface area contributed by atoms with Crippen molar-refractivity contribution in [2.75, 3.05) is 20.2 Å². The Morgan fingerprint density at radius 2 is 1.81 bits per heavy atom. The van der Waals surface area contributed by atoms with Crippen molar-refractivity contribution in [1.29, 1.82) is 0 Å². The van der Waals surface area contributed by atoms with Crippen molar-refractivity contribution in [3.05, 3.63) is 81.9 Å². The molecule has 0 radical (unpaired) electrons. The Morgan fingerprint density at radius 3 is 2.37 bits per heavy atom. The Kier molecular flexibility index (Phi) is 5.21. The summed E-state index contributed by atoms with van der Waals surface area (Å²) in [7, 11) is 1.20. The number of benzene rings is 2. The van der Waals surface area contributed by atoms with E-state index < -0.39 is 40.6 Å². The molecule has 2 aromatic carbocycles. The van der Waals surface area contributed by atoms with Crippen LogP contribution in [0.15, 0.2) is 60.7 Å². The molecule has 7 nitrogen and oxygen atoms in total. The fourth-order valence-electron chi connectivity index (χ4n) is 4.02. The highest BCUT2D eigenvalue weighted by Crippen LogP contribution is 2.51. The molecule has 3 atom stereocenters. The minimum Gasteiger partial charge on any atom is -0.468 e. The molecule has 2 aromatic rings. The summed E-state index contributed by atoms with van der Waals surface area (Å²) in [4.78, 5) is 37.0. The lowest BCUT2D eigenvalue weighted by molar-refractivity contribution is -0.485. The van der Waals surface area contributed by atoms with Crippen molar-refractivity contribution >= 4 is 11.9 Å². The van der Waals surface area contributed by atoms with Gasteiger partial charge in [-0.2, -0.15) is 0 Å². The molecule has 27 heavy (non-hydrogen) atoms. The Hall–Kier alpha value is -3.22. The number of rotatable bonds is 6. The van der Waals surface area contributed by atoms with Gasteiger partial charge in [-0.05, 0) is 11.1 Å². The SMILES string of the molecule is COC(=O)[C@@]1([C@@H](C[N+](=O)[O-])c2ccccc2)C(=O)NC[C@H]1c1ccccc1. The summed E-state index contributed by atoms with van der Waals surface area (Å²) in [5.74, 6) is -2.85. The normalized spacial score (nSPS) is 22.7. The molecular formula is C20H20N2O5. The number of carbonyl (C=O) groups excluding carboxylic acids is 2. The van der Waals surface area contributed by atoms with E-state index in [2.05, 4.69) is 5.32 Å². The van der Waals surface area contributed by atoms with Crippen LogP contribution in [0.5, 0.6) is 0 Å². The van der Waals surface area contributed by atoms with E-state index in [1.165, 1.54) is 7.11 Å². The van der Waals surface area contributed by atoms with E-state index in [-0.39, 0.29) is 6.54 Å². The first-order valence-corrected chi connectivity index (χ1v) is 8.60. The number of carbonyl (C=O) groups is 2. The van der Waals surface area contributed by atoms with E-state index in [0.29, 0.717) is 5.56 Å². The van der Waals surface area contributed by atoms with Crippen molar-refractivity contribution in [2.45, 2.75) is 11.8 Å². The maximum absolute atomic E-state index is 13.0.